The van der Waals surface area contributed by atoms with Crippen LogP contribution in [-0.4, -0.2) is 149 Å². The van der Waals surface area contributed by atoms with Crippen molar-refractivity contribution < 1.29 is 0 Å². The SMILES string of the molecule is CCCN(CCC)CCCC(C)(C)C.CCCN(CCC)CCCCC(C)(C)C.CCN(CC)CCCC(C)(C)C.CCN(CC)CCCCC(C)(C)C.CN(C)CCCC(C)(C)C.CN(C)CCCCC(C)(C)C. The van der Waals surface area contributed by atoms with Gasteiger partial charge >= 0.3 is 0 Å². The molecular formula is C69H156N6. The summed E-state index contributed by atoms with van der Waals surface area (Å²) in [5.41, 5.74) is 3.07. The minimum absolute atomic E-state index is 0.504. The van der Waals surface area contributed by atoms with Crippen LogP contribution in [0.1, 0.15) is 302 Å². The fraction of sp³-hybridized carbons (Fsp3) is 1.00. The number of hydrogen-bond donors (Lipinski definition) is 0. The van der Waals surface area contributed by atoms with Crippen LogP contribution in [0.15, 0.2) is 0 Å². The summed E-state index contributed by atoms with van der Waals surface area (Å²) in [6, 6.07) is 0. The van der Waals surface area contributed by atoms with Crippen molar-refractivity contribution in [3.8, 4) is 0 Å². The van der Waals surface area contributed by atoms with Gasteiger partial charge in [0, 0.05) is 0 Å². The molecule has 0 aromatic rings. The van der Waals surface area contributed by atoms with Crippen LogP contribution in [0.3, 0.4) is 0 Å². The molecule has 0 saturated carbocycles. The highest BCUT2D eigenvalue weighted by Crippen LogP contribution is 2.25. The molecule has 0 spiro atoms. The van der Waals surface area contributed by atoms with Crippen LogP contribution < -0.4 is 0 Å². The fourth-order valence-corrected chi connectivity index (χ4v) is 8.67. The second-order valence-corrected chi connectivity index (χ2v) is 30.4. The molecule has 0 unspecified atom stereocenters. The van der Waals surface area contributed by atoms with E-state index < -0.39 is 0 Å². The lowest BCUT2D eigenvalue weighted by Gasteiger charge is -2.24. The van der Waals surface area contributed by atoms with Crippen LogP contribution in [0.5, 0.6) is 0 Å². The van der Waals surface area contributed by atoms with Gasteiger partial charge in [0.25, 0.3) is 0 Å². The summed E-state index contributed by atoms with van der Waals surface area (Å²) in [5, 5.41) is 0. The average molecular weight is 1070 g/mol. The first-order valence-corrected chi connectivity index (χ1v) is 32.5. The van der Waals surface area contributed by atoms with E-state index in [0.29, 0.717) is 32.5 Å². The maximum absolute atomic E-state index is 2.61. The second kappa shape index (κ2) is 51.9. The average Bonchev–Trinajstić information content (AvgIpc) is 3.24. The van der Waals surface area contributed by atoms with E-state index in [9.17, 15) is 0 Å². The molecular weight excluding hydrogens is 913 g/mol. The minimum atomic E-state index is 0.504. The van der Waals surface area contributed by atoms with Gasteiger partial charge in [0.05, 0.1) is 0 Å². The Bertz CT molecular complexity index is 1070. The molecule has 0 saturated heterocycles. The Morgan fingerprint density at radius 1 is 0.200 bits per heavy atom. The monoisotopic (exact) mass is 1070 g/mol. The third kappa shape index (κ3) is 90.6. The van der Waals surface area contributed by atoms with Crippen molar-refractivity contribution in [2.45, 2.75) is 302 Å². The molecule has 0 rings (SSSR count). The molecule has 6 heteroatoms. The lowest BCUT2D eigenvalue weighted by Crippen LogP contribution is -2.27. The number of rotatable bonds is 33. The Labute approximate surface area is 481 Å². The van der Waals surface area contributed by atoms with Gasteiger partial charge in [-0.2, -0.15) is 0 Å². The highest BCUT2D eigenvalue weighted by Gasteiger charge is 2.14. The van der Waals surface area contributed by atoms with E-state index in [1.807, 2.05) is 0 Å². The molecule has 0 amide bonds. The first kappa shape index (κ1) is 86.0. The predicted octanol–water partition coefficient (Wildman–Crippen LogP) is 20.1. The second-order valence-electron chi connectivity index (χ2n) is 30.4. The van der Waals surface area contributed by atoms with E-state index in [2.05, 4.69) is 238 Å². The van der Waals surface area contributed by atoms with Gasteiger partial charge in [-0.25, -0.2) is 0 Å². The largest absolute Gasteiger partial charge is 0.309 e. The van der Waals surface area contributed by atoms with E-state index >= 15 is 0 Å². The summed E-state index contributed by atoms with van der Waals surface area (Å²) in [5.74, 6) is 0. The van der Waals surface area contributed by atoms with E-state index in [-0.39, 0.29) is 0 Å². The summed E-state index contributed by atoms with van der Waals surface area (Å²) < 4.78 is 0. The zero-order valence-electron chi connectivity index (χ0n) is 59.0. The summed E-state index contributed by atoms with van der Waals surface area (Å²) in [6.07, 6.45) is 25.4. The first-order chi connectivity index (χ1) is 34.3. The Hall–Kier alpha value is -0.240. The van der Waals surface area contributed by atoms with Gasteiger partial charge in [0.15, 0.2) is 0 Å². The van der Waals surface area contributed by atoms with Gasteiger partial charge < -0.3 is 29.4 Å². The van der Waals surface area contributed by atoms with Crippen molar-refractivity contribution in [2.24, 2.45) is 32.5 Å². The first-order valence-electron chi connectivity index (χ1n) is 32.5. The third-order valence-electron chi connectivity index (χ3n) is 13.4. The Morgan fingerprint density at radius 2 is 0.373 bits per heavy atom. The van der Waals surface area contributed by atoms with Gasteiger partial charge in [0.2, 0.25) is 0 Å². The lowest BCUT2D eigenvalue weighted by molar-refractivity contribution is 0.248. The quantitative estimate of drug-likeness (QED) is 0.0606. The molecule has 0 heterocycles. The minimum Gasteiger partial charge on any atom is -0.309 e. The number of nitrogens with zero attached hydrogens (tertiary/aromatic N) is 6. The summed E-state index contributed by atoms with van der Waals surface area (Å²) in [6.45, 7) is 77.3. The molecule has 0 aliphatic rings. The zero-order chi connectivity index (χ0) is 59.8. The zero-order valence-corrected chi connectivity index (χ0v) is 59.0. The third-order valence-corrected chi connectivity index (χ3v) is 13.4. The Kier molecular flexibility index (Phi) is 59.5. The number of hydrogen-bond acceptors (Lipinski definition) is 6. The van der Waals surface area contributed by atoms with Crippen LogP contribution >= 0.6 is 0 Å². The Morgan fingerprint density at radius 3 is 0.587 bits per heavy atom. The lowest BCUT2D eigenvalue weighted by atomic mass is 9.90. The molecule has 0 bridgehead atoms. The molecule has 0 N–H and O–H groups in total. The summed E-state index contributed by atoms with van der Waals surface area (Å²) >= 11 is 0. The topological polar surface area (TPSA) is 19.4 Å². The molecule has 75 heavy (non-hydrogen) atoms. The molecule has 6 nitrogen and oxygen atoms in total. The van der Waals surface area contributed by atoms with Crippen molar-refractivity contribution in [3.05, 3.63) is 0 Å². The van der Waals surface area contributed by atoms with Gasteiger partial charge in [0.1, 0.15) is 0 Å². The van der Waals surface area contributed by atoms with Gasteiger partial charge in [-0.15, -0.1) is 0 Å². The molecule has 0 aromatic heterocycles. The maximum atomic E-state index is 2.61. The van der Waals surface area contributed by atoms with Crippen molar-refractivity contribution in [1.29, 1.82) is 0 Å². The molecule has 0 atom stereocenters. The van der Waals surface area contributed by atoms with Crippen LogP contribution in [0, 0.1) is 32.5 Å². The standard InChI is InChI=1S/C14H31N.C13H29N.C12H27N.C11H25N.C10H23N.C9H21N/c1-6-11-15(12-7-2)13-9-8-10-14(3,4)5;1-6-10-14(11-7-2)12-8-9-13(3,4)5;1-6-13(7-2)11-9-8-10-12(3,4)5;1-6-12(7-2)10-8-9-11(3,4)5;1-10(2,3)8-6-7-9-11(4)5;1-9(2,3)7-6-8-10(4)5/h6-13H2,1-5H3;6-12H2,1-5H3;6-11H2,1-5H3;6-10H2,1-5H3;6-9H2,1-5H3;6-8H2,1-5H3. The van der Waals surface area contributed by atoms with Crippen molar-refractivity contribution in [1.82, 2.24) is 29.4 Å². The molecule has 0 radical (unpaired) electrons. The number of unbranched alkanes of at least 4 members (excludes halogenated alkanes) is 3. The van der Waals surface area contributed by atoms with Crippen LogP contribution in [-0.2, 0) is 0 Å². The highest BCUT2D eigenvalue weighted by molar-refractivity contribution is 4.67. The van der Waals surface area contributed by atoms with Gasteiger partial charge in [-0.05, 0) is 255 Å². The van der Waals surface area contributed by atoms with Gasteiger partial charge in [-0.1, -0.05) is 199 Å². The van der Waals surface area contributed by atoms with E-state index in [1.54, 1.807) is 0 Å². The molecule has 0 aliphatic heterocycles. The van der Waals surface area contributed by atoms with Crippen molar-refractivity contribution in [3.63, 3.8) is 0 Å². The van der Waals surface area contributed by atoms with Gasteiger partial charge in [-0.3, -0.25) is 0 Å². The molecule has 0 fully saturated rings. The van der Waals surface area contributed by atoms with Crippen LogP contribution in [0.25, 0.3) is 0 Å². The van der Waals surface area contributed by atoms with E-state index in [4.69, 9.17) is 0 Å². The van der Waals surface area contributed by atoms with Crippen molar-refractivity contribution >= 4 is 0 Å². The fourth-order valence-electron chi connectivity index (χ4n) is 8.67. The predicted molar refractivity (Wildman–Crippen MR) is 353 cm³/mol. The molecule has 462 valence electrons. The van der Waals surface area contributed by atoms with Crippen LogP contribution in [0.4, 0.5) is 0 Å². The van der Waals surface area contributed by atoms with Crippen molar-refractivity contribution in [2.75, 3.05) is 120 Å². The summed E-state index contributed by atoms with van der Waals surface area (Å²) in [4.78, 5) is 14.7. The Balaban J connectivity index is -0.000000191. The van der Waals surface area contributed by atoms with E-state index in [1.165, 1.54) is 214 Å². The normalized spacial score (nSPS) is 12.5. The highest BCUT2D eigenvalue weighted by atomic mass is 15.1. The van der Waals surface area contributed by atoms with E-state index in [0.717, 1.165) is 0 Å². The smallest absolute Gasteiger partial charge is 0.00185 e. The maximum Gasteiger partial charge on any atom is -0.00185 e. The van der Waals surface area contributed by atoms with Crippen LogP contribution in [0.2, 0.25) is 0 Å². The molecule has 0 aromatic carbocycles. The summed E-state index contributed by atoms with van der Waals surface area (Å²) in [7, 11) is 8.53. The molecule has 0 aliphatic carbocycles.